The Kier molecular flexibility index (Phi) is 4.76. The van der Waals surface area contributed by atoms with Gasteiger partial charge in [0, 0.05) is 19.5 Å². The molecule has 0 atom stereocenters. The average Bonchev–Trinajstić information content (AvgIpc) is 3.06. The number of carbonyl (C=O) groups excluding carboxylic acids is 1. The predicted molar refractivity (Wildman–Crippen MR) is 97.1 cm³/mol. The van der Waals surface area contributed by atoms with Crippen molar-refractivity contribution in [1.29, 1.82) is 0 Å². The van der Waals surface area contributed by atoms with Crippen LogP contribution in [0.1, 0.15) is 43.0 Å². The molecule has 3 heterocycles. The maximum absolute atomic E-state index is 12.4. The summed E-state index contributed by atoms with van der Waals surface area (Å²) in [5.74, 6) is 1.68. The molecule has 0 aliphatic carbocycles. The molecule has 2 aliphatic heterocycles. The molecule has 6 nitrogen and oxygen atoms in total. The second kappa shape index (κ2) is 7.19. The summed E-state index contributed by atoms with van der Waals surface area (Å²) in [4.78, 5) is 21.2. The molecule has 0 radical (unpaired) electrons. The van der Waals surface area contributed by atoms with Crippen molar-refractivity contribution in [2.75, 3.05) is 19.6 Å². The molecule has 1 aromatic heterocycles. The summed E-state index contributed by atoms with van der Waals surface area (Å²) in [5, 5.41) is 3.87. The third kappa shape index (κ3) is 3.80. The minimum atomic E-state index is 0.268. The van der Waals surface area contributed by atoms with Crippen LogP contribution in [-0.4, -0.2) is 45.5 Å². The van der Waals surface area contributed by atoms with Crippen LogP contribution < -0.4 is 0 Å². The Bertz CT molecular complexity index is 750. The first kappa shape index (κ1) is 17.2. The number of benzene rings is 1. The molecule has 0 N–H and O–H groups in total. The molecule has 4 rings (SSSR count). The number of piperidine rings is 2. The van der Waals surface area contributed by atoms with Gasteiger partial charge in [0.15, 0.2) is 5.82 Å². The molecule has 0 unspecified atom stereocenters. The minimum absolute atomic E-state index is 0.268. The Morgan fingerprint density at radius 2 is 1.88 bits per heavy atom. The summed E-state index contributed by atoms with van der Waals surface area (Å²) in [5.41, 5.74) is 1.48. The Morgan fingerprint density at radius 3 is 2.58 bits per heavy atom. The van der Waals surface area contributed by atoms with E-state index in [9.17, 15) is 4.79 Å². The van der Waals surface area contributed by atoms with Crippen LogP contribution in [0.25, 0.3) is 0 Å². The number of likely N-dealkylation sites (tertiary alicyclic amines) is 2. The van der Waals surface area contributed by atoms with E-state index in [0.717, 1.165) is 52.0 Å². The fourth-order valence-electron chi connectivity index (χ4n) is 4.24. The van der Waals surface area contributed by atoms with Crippen molar-refractivity contribution in [2.24, 2.45) is 5.41 Å². The highest BCUT2D eigenvalue weighted by molar-refractivity contribution is 5.77. The Morgan fingerprint density at radius 1 is 1.12 bits per heavy atom. The molecule has 2 aromatic rings. The zero-order valence-corrected chi connectivity index (χ0v) is 15.4. The number of nitrogens with zero attached hydrogens (tertiary/aromatic N) is 4. The molecule has 1 amide bonds. The van der Waals surface area contributed by atoms with Crippen LogP contribution in [0.3, 0.4) is 0 Å². The average molecular weight is 354 g/mol. The van der Waals surface area contributed by atoms with E-state index in [2.05, 4.69) is 32.1 Å². The van der Waals surface area contributed by atoms with Crippen LogP contribution in [-0.2, 0) is 17.9 Å². The number of rotatable bonds is 4. The van der Waals surface area contributed by atoms with Crippen LogP contribution >= 0.6 is 0 Å². The monoisotopic (exact) mass is 354 g/mol. The number of hydrogen-bond acceptors (Lipinski definition) is 5. The maximum Gasteiger partial charge on any atom is 0.240 e. The number of aromatic nitrogens is 2. The van der Waals surface area contributed by atoms with E-state index in [1.54, 1.807) is 0 Å². The van der Waals surface area contributed by atoms with Crippen molar-refractivity contribution in [1.82, 2.24) is 19.9 Å². The number of aryl methyl sites for hydroxylation is 1. The normalized spacial score (nSPS) is 20.7. The zero-order chi connectivity index (χ0) is 18.0. The lowest BCUT2D eigenvalue weighted by Gasteiger charge is -2.47. The van der Waals surface area contributed by atoms with Crippen LogP contribution in [0, 0.1) is 12.3 Å². The van der Waals surface area contributed by atoms with Gasteiger partial charge in [-0.25, -0.2) is 0 Å². The molecule has 2 fully saturated rings. The lowest BCUT2D eigenvalue weighted by molar-refractivity contribution is -0.140. The van der Waals surface area contributed by atoms with Gasteiger partial charge in [-0.05, 0) is 50.3 Å². The van der Waals surface area contributed by atoms with E-state index in [0.29, 0.717) is 24.0 Å². The van der Waals surface area contributed by atoms with Crippen molar-refractivity contribution in [3.8, 4) is 0 Å². The molecule has 0 saturated carbocycles. The molecule has 0 bridgehead atoms. The van der Waals surface area contributed by atoms with E-state index >= 15 is 0 Å². The fourth-order valence-corrected chi connectivity index (χ4v) is 4.24. The Hall–Kier alpha value is -2.21. The van der Waals surface area contributed by atoms with Crippen LogP contribution in [0.15, 0.2) is 34.9 Å². The van der Waals surface area contributed by atoms with Crippen LogP contribution in [0.2, 0.25) is 0 Å². The van der Waals surface area contributed by atoms with Gasteiger partial charge in [0.2, 0.25) is 11.8 Å². The van der Waals surface area contributed by atoms with E-state index in [4.69, 9.17) is 4.52 Å². The summed E-state index contributed by atoms with van der Waals surface area (Å²) in [7, 11) is 0. The quantitative estimate of drug-likeness (QED) is 0.845. The lowest BCUT2D eigenvalue weighted by atomic mass is 9.72. The van der Waals surface area contributed by atoms with Gasteiger partial charge < -0.3 is 9.42 Å². The number of carbonyl (C=O) groups is 1. The molecule has 1 spiro atoms. The summed E-state index contributed by atoms with van der Waals surface area (Å²) in [6.07, 6.45) is 3.94. The molecule has 2 aliphatic rings. The number of amides is 1. The van der Waals surface area contributed by atoms with Gasteiger partial charge in [0.25, 0.3) is 0 Å². The summed E-state index contributed by atoms with van der Waals surface area (Å²) in [6, 6.07) is 10.3. The second-order valence-corrected chi connectivity index (χ2v) is 7.75. The highest BCUT2D eigenvalue weighted by Crippen LogP contribution is 2.40. The largest absolute Gasteiger partial charge is 0.338 e. The highest BCUT2D eigenvalue weighted by Gasteiger charge is 2.41. The van der Waals surface area contributed by atoms with Gasteiger partial charge >= 0.3 is 0 Å². The van der Waals surface area contributed by atoms with Crippen molar-refractivity contribution in [3.05, 3.63) is 47.6 Å². The van der Waals surface area contributed by atoms with Crippen molar-refractivity contribution < 1.29 is 9.32 Å². The highest BCUT2D eigenvalue weighted by atomic mass is 16.5. The topological polar surface area (TPSA) is 62.5 Å². The molecular formula is C20H26N4O2. The molecule has 6 heteroatoms. The van der Waals surface area contributed by atoms with Crippen LogP contribution in [0.4, 0.5) is 0 Å². The third-order valence-electron chi connectivity index (χ3n) is 5.81. The first-order valence-corrected chi connectivity index (χ1v) is 9.45. The summed E-state index contributed by atoms with van der Waals surface area (Å²) < 4.78 is 5.25. The standard InChI is InChI=1S/C20H26N4O2/c1-16-21-18(26-22-16)14-23-11-9-20(10-12-23)8-7-19(25)24(15-20)13-17-5-3-2-4-6-17/h2-6H,7-15H2,1H3. The second-order valence-electron chi connectivity index (χ2n) is 7.75. The maximum atomic E-state index is 12.4. The van der Waals surface area contributed by atoms with Crippen LogP contribution in [0.5, 0.6) is 0 Å². The van der Waals surface area contributed by atoms with E-state index in [1.807, 2.05) is 25.1 Å². The summed E-state index contributed by atoms with van der Waals surface area (Å²) >= 11 is 0. The van der Waals surface area contributed by atoms with Gasteiger partial charge in [-0.1, -0.05) is 35.5 Å². The third-order valence-corrected chi connectivity index (χ3v) is 5.81. The van der Waals surface area contributed by atoms with Crippen molar-refractivity contribution in [3.63, 3.8) is 0 Å². The Labute approximate surface area is 154 Å². The van der Waals surface area contributed by atoms with Gasteiger partial charge in [-0.15, -0.1) is 0 Å². The van der Waals surface area contributed by atoms with E-state index in [1.165, 1.54) is 5.56 Å². The van der Waals surface area contributed by atoms with Gasteiger partial charge in [0.05, 0.1) is 6.54 Å². The first-order valence-electron chi connectivity index (χ1n) is 9.45. The fraction of sp³-hybridized carbons (Fsp3) is 0.550. The SMILES string of the molecule is Cc1noc(CN2CCC3(CCC(=O)N(Cc4ccccc4)C3)CC2)n1. The van der Waals surface area contributed by atoms with Gasteiger partial charge in [-0.2, -0.15) is 4.98 Å². The molecular weight excluding hydrogens is 328 g/mol. The smallest absolute Gasteiger partial charge is 0.240 e. The molecule has 1 aromatic carbocycles. The molecule has 2 saturated heterocycles. The predicted octanol–water partition coefficient (Wildman–Crippen LogP) is 2.78. The Balaban J connectivity index is 1.36. The molecule has 138 valence electrons. The zero-order valence-electron chi connectivity index (χ0n) is 15.4. The number of hydrogen-bond donors (Lipinski definition) is 0. The van der Waals surface area contributed by atoms with Gasteiger partial charge in [0.1, 0.15) is 0 Å². The van der Waals surface area contributed by atoms with E-state index < -0.39 is 0 Å². The van der Waals surface area contributed by atoms with Gasteiger partial charge in [-0.3, -0.25) is 9.69 Å². The summed E-state index contributed by atoms with van der Waals surface area (Å²) in [6.45, 7) is 6.23. The van der Waals surface area contributed by atoms with Crippen molar-refractivity contribution in [2.45, 2.75) is 45.7 Å². The minimum Gasteiger partial charge on any atom is -0.338 e. The molecule has 26 heavy (non-hydrogen) atoms. The lowest BCUT2D eigenvalue weighted by Crippen LogP contribution is -2.51. The van der Waals surface area contributed by atoms with E-state index in [-0.39, 0.29) is 5.41 Å². The van der Waals surface area contributed by atoms with Crippen molar-refractivity contribution >= 4 is 5.91 Å². The first-order chi connectivity index (χ1) is 12.6.